The summed E-state index contributed by atoms with van der Waals surface area (Å²) in [6.07, 6.45) is 0.976. The molecule has 0 unspecified atom stereocenters. The fourth-order valence-corrected chi connectivity index (χ4v) is 4.39. The maximum absolute atomic E-state index is 5.97. The SMILES string of the molecule is Cc1ccc(C(CBr)(CBr)Cc2ccc(Cl)cc2)cc1. The van der Waals surface area contributed by atoms with Gasteiger partial charge in [-0.3, -0.25) is 0 Å². The van der Waals surface area contributed by atoms with Gasteiger partial charge >= 0.3 is 0 Å². The van der Waals surface area contributed by atoms with E-state index in [2.05, 4.69) is 75.2 Å². The molecular weight excluding hydrogens is 399 g/mol. The standard InChI is InChI=1S/C17H17Br2Cl/c1-13-2-6-15(7-3-13)17(11-18,12-19)10-14-4-8-16(20)9-5-14/h2-9H,10-12H2,1H3. The van der Waals surface area contributed by atoms with Gasteiger partial charge in [-0.15, -0.1) is 0 Å². The normalized spacial score (nSPS) is 11.6. The highest BCUT2D eigenvalue weighted by Crippen LogP contribution is 2.33. The summed E-state index contributed by atoms with van der Waals surface area (Å²) in [6, 6.07) is 16.9. The molecule has 0 aliphatic rings. The minimum absolute atomic E-state index is 0.0571. The Kier molecular flexibility index (Phi) is 5.71. The van der Waals surface area contributed by atoms with E-state index in [-0.39, 0.29) is 5.41 Å². The first kappa shape index (κ1) is 16.1. The zero-order chi connectivity index (χ0) is 14.6. The molecule has 0 heterocycles. The molecule has 3 heteroatoms. The molecule has 106 valence electrons. The molecule has 0 atom stereocenters. The summed E-state index contributed by atoms with van der Waals surface area (Å²) >= 11 is 13.4. The van der Waals surface area contributed by atoms with Gasteiger partial charge in [-0.25, -0.2) is 0 Å². The first-order valence-corrected chi connectivity index (χ1v) is 9.15. The maximum Gasteiger partial charge on any atom is 0.0406 e. The third-order valence-electron chi connectivity index (χ3n) is 3.63. The number of benzene rings is 2. The van der Waals surface area contributed by atoms with Gasteiger partial charge in [-0.05, 0) is 36.6 Å². The number of halogens is 3. The lowest BCUT2D eigenvalue weighted by atomic mass is 9.79. The zero-order valence-corrected chi connectivity index (χ0v) is 15.3. The fourth-order valence-electron chi connectivity index (χ4n) is 2.29. The van der Waals surface area contributed by atoms with Crippen LogP contribution in [-0.4, -0.2) is 10.7 Å². The molecule has 0 radical (unpaired) electrons. The number of aryl methyl sites for hydroxylation is 1. The van der Waals surface area contributed by atoms with Crippen LogP contribution in [0.3, 0.4) is 0 Å². The molecule has 2 rings (SSSR count). The molecule has 0 N–H and O–H groups in total. The molecule has 0 fully saturated rings. The summed E-state index contributed by atoms with van der Waals surface area (Å²) in [7, 11) is 0. The van der Waals surface area contributed by atoms with Crippen molar-refractivity contribution in [3.8, 4) is 0 Å². The summed E-state index contributed by atoms with van der Waals surface area (Å²) in [6.45, 7) is 2.12. The Hall–Kier alpha value is -0.310. The van der Waals surface area contributed by atoms with E-state index in [1.54, 1.807) is 0 Å². The van der Waals surface area contributed by atoms with Gasteiger partial charge < -0.3 is 0 Å². The molecule has 2 aromatic carbocycles. The Bertz CT molecular complexity index is 542. The van der Waals surface area contributed by atoms with Crippen molar-refractivity contribution in [3.63, 3.8) is 0 Å². The van der Waals surface area contributed by atoms with Gasteiger partial charge in [0.05, 0.1) is 0 Å². The average Bonchev–Trinajstić information content (AvgIpc) is 2.48. The summed E-state index contributed by atoms with van der Waals surface area (Å²) < 4.78 is 0. The Morgan fingerprint density at radius 1 is 0.900 bits per heavy atom. The topological polar surface area (TPSA) is 0 Å². The summed E-state index contributed by atoms with van der Waals surface area (Å²) in [5, 5.41) is 2.61. The summed E-state index contributed by atoms with van der Waals surface area (Å²) in [5.74, 6) is 0. The molecule has 0 saturated carbocycles. The minimum Gasteiger partial charge on any atom is -0.0918 e. The molecule has 0 spiro atoms. The van der Waals surface area contributed by atoms with E-state index in [9.17, 15) is 0 Å². The lowest BCUT2D eigenvalue weighted by Crippen LogP contribution is -2.32. The lowest BCUT2D eigenvalue weighted by molar-refractivity contribution is 0.551. The minimum atomic E-state index is 0.0571. The summed E-state index contributed by atoms with van der Waals surface area (Å²) in [4.78, 5) is 0. The van der Waals surface area contributed by atoms with Crippen molar-refractivity contribution in [1.29, 1.82) is 0 Å². The summed E-state index contributed by atoms with van der Waals surface area (Å²) in [5.41, 5.74) is 4.00. The van der Waals surface area contributed by atoms with E-state index in [1.165, 1.54) is 16.7 Å². The highest BCUT2D eigenvalue weighted by Gasteiger charge is 2.30. The van der Waals surface area contributed by atoms with Gasteiger partial charge in [0.2, 0.25) is 0 Å². The molecule has 20 heavy (non-hydrogen) atoms. The van der Waals surface area contributed by atoms with Crippen LogP contribution in [0.1, 0.15) is 16.7 Å². The van der Waals surface area contributed by atoms with Crippen LogP contribution >= 0.6 is 43.5 Å². The fraction of sp³-hybridized carbons (Fsp3) is 0.294. The second-order valence-electron chi connectivity index (χ2n) is 5.22. The quantitative estimate of drug-likeness (QED) is 0.531. The van der Waals surface area contributed by atoms with Crippen LogP contribution in [-0.2, 0) is 11.8 Å². The smallest absolute Gasteiger partial charge is 0.0406 e. The van der Waals surface area contributed by atoms with Crippen LogP contribution < -0.4 is 0 Å². The van der Waals surface area contributed by atoms with Crippen molar-refractivity contribution >= 4 is 43.5 Å². The zero-order valence-electron chi connectivity index (χ0n) is 11.4. The molecule has 0 bridgehead atoms. The molecular formula is C17H17Br2Cl. The highest BCUT2D eigenvalue weighted by atomic mass is 79.9. The highest BCUT2D eigenvalue weighted by molar-refractivity contribution is 9.09. The Labute approximate surface area is 142 Å². The van der Waals surface area contributed by atoms with Crippen LogP contribution in [0.5, 0.6) is 0 Å². The van der Waals surface area contributed by atoms with Crippen LogP contribution in [0.25, 0.3) is 0 Å². The third-order valence-corrected chi connectivity index (χ3v) is 6.03. The second kappa shape index (κ2) is 7.11. The van der Waals surface area contributed by atoms with E-state index < -0.39 is 0 Å². The Morgan fingerprint density at radius 2 is 1.45 bits per heavy atom. The van der Waals surface area contributed by atoms with E-state index >= 15 is 0 Å². The molecule has 2 aromatic rings. The molecule has 0 aliphatic carbocycles. The molecule has 0 aromatic heterocycles. The monoisotopic (exact) mass is 414 g/mol. The number of hydrogen-bond donors (Lipinski definition) is 0. The van der Waals surface area contributed by atoms with Crippen molar-refractivity contribution in [2.24, 2.45) is 0 Å². The number of alkyl halides is 2. The van der Waals surface area contributed by atoms with E-state index in [4.69, 9.17) is 11.6 Å². The third kappa shape index (κ3) is 3.66. The van der Waals surface area contributed by atoms with Crippen molar-refractivity contribution in [2.45, 2.75) is 18.8 Å². The van der Waals surface area contributed by atoms with Crippen molar-refractivity contribution in [3.05, 3.63) is 70.2 Å². The maximum atomic E-state index is 5.97. The van der Waals surface area contributed by atoms with Gasteiger partial charge in [-0.2, -0.15) is 0 Å². The molecule has 0 nitrogen and oxygen atoms in total. The molecule has 0 amide bonds. The van der Waals surface area contributed by atoms with Crippen molar-refractivity contribution < 1.29 is 0 Å². The number of rotatable bonds is 5. The lowest BCUT2D eigenvalue weighted by Gasteiger charge is -2.31. The largest absolute Gasteiger partial charge is 0.0918 e. The van der Waals surface area contributed by atoms with Crippen LogP contribution in [0.15, 0.2) is 48.5 Å². The number of hydrogen-bond acceptors (Lipinski definition) is 0. The van der Waals surface area contributed by atoms with E-state index in [1.807, 2.05) is 12.1 Å². The van der Waals surface area contributed by atoms with Crippen LogP contribution in [0, 0.1) is 6.92 Å². The first-order valence-electron chi connectivity index (χ1n) is 6.53. The van der Waals surface area contributed by atoms with Gasteiger partial charge in [0.15, 0.2) is 0 Å². The predicted octanol–water partition coefficient (Wildman–Crippen LogP) is 5.92. The van der Waals surface area contributed by atoms with Gasteiger partial charge in [0.25, 0.3) is 0 Å². The Balaban J connectivity index is 2.33. The van der Waals surface area contributed by atoms with Gasteiger partial charge in [-0.1, -0.05) is 85.4 Å². The van der Waals surface area contributed by atoms with Crippen LogP contribution in [0.4, 0.5) is 0 Å². The van der Waals surface area contributed by atoms with E-state index in [0.29, 0.717) is 0 Å². The average molecular weight is 417 g/mol. The predicted molar refractivity (Wildman–Crippen MR) is 95.6 cm³/mol. The first-order chi connectivity index (χ1) is 9.59. The molecule has 0 aliphatic heterocycles. The second-order valence-corrected chi connectivity index (χ2v) is 6.77. The van der Waals surface area contributed by atoms with Crippen molar-refractivity contribution in [2.75, 3.05) is 10.7 Å². The molecule has 0 saturated heterocycles. The van der Waals surface area contributed by atoms with Gasteiger partial charge in [0.1, 0.15) is 0 Å². The van der Waals surface area contributed by atoms with E-state index in [0.717, 1.165) is 22.1 Å². The van der Waals surface area contributed by atoms with Gasteiger partial charge in [0, 0.05) is 21.1 Å². The Morgan fingerprint density at radius 3 is 1.95 bits per heavy atom. The van der Waals surface area contributed by atoms with Crippen molar-refractivity contribution in [1.82, 2.24) is 0 Å². The van der Waals surface area contributed by atoms with Crippen LogP contribution in [0.2, 0.25) is 5.02 Å².